The molecule has 1 N–H and O–H groups in total. The molecule has 100 valence electrons. The highest BCUT2D eigenvalue weighted by atomic mass is 79.9. The standard InChI is InChI=1S/C13H18Br2N2O/c1-2-13-9(3-4-18-13)6-16-8-12-11(15)5-10(14)7-17-12/h5,7,9,13,16H,2-4,6,8H2,1H3. The molecule has 2 rings (SSSR count). The predicted molar refractivity (Wildman–Crippen MR) is 79.5 cm³/mol. The fraction of sp³-hybridized carbons (Fsp3) is 0.615. The molecule has 2 heterocycles. The van der Waals surface area contributed by atoms with E-state index in [1.165, 1.54) is 6.42 Å². The number of hydrogen-bond donors (Lipinski definition) is 1. The Morgan fingerprint density at radius 1 is 1.50 bits per heavy atom. The van der Waals surface area contributed by atoms with Gasteiger partial charge in [-0.15, -0.1) is 0 Å². The normalized spacial score (nSPS) is 23.5. The maximum atomic E-state index is 5.69. The first-order valence-corrected chi connectivity index (χ1v) is 7.91. The minimum atomic E-state index is 0.429. The minimum Gasteiger partial charge on any atom is -0.378 e. The average Bonchev–Trinajstić information content (AvgIpc) is 2.79. The number of pyridine rings is 1. The van der Waals surface area contributed by atoms with E-state index in [2.05, 4.69) is 49.1 Å². The summed E-state index contributed by atoms with van der Waals surface area (Å²) in [6, 6.07) is 2.03. The van der Waals surface area contributed by atoms with Crippen molar-refractivity contribution < 1.29 is 4.74 Å². The highest BCUT2D eigenvalue weighted by Crippen LogP contribution is 2.23. The predicted octanol–water partition coefficient (Wildman–Crippen LogP) is 3.51. The van der Waals surface area contributed by atoms with Gasteiger partial charge in [-0.25, -0.2) is 0 Å². The van der Waals surface area contributed by atoms with Gasteiger partial charge in [0, 0.05) is 34.8 Å². The van der Waals surface area contributed by atoms with Crippen molar-refractivity contribution in [2.75, 3.05) is 13.2 Å². The summed E-state index contributed by atoms with van der Waals surface area (Å²) in [5.74, 6) is 0.643. The quantitative estimate of drug-likeness (QED) is 0.852. The third-order valence-corrected chi connectivity index (χ3v) is 4.45. The Morgan fingerprint density at radius 2 is 2.33 bits per heavy atom. The first kappa shape index (κ1) is 14.4. The van der Waals surface area contributed by atoms with E-state index in [-0.39, 0.29) is 0 Å². The summed E-state index contributed by atoms with van der Waals surface area (Å²) in [5.41, 5.74) is 1.05. The monoisotopic (exact) mass is 376 g/mol. The van der Waals surface area contributed by atoms with Crippen molar-refractivity contribution in [1.82, 2.24) is 10.3 Å². The molecular formula is C13H18Br2N2O. The van der Waals surface area contributed by atoms with E-state index in [1.807, 2.05) is 12.3 Å². The summed E-state index contributed by atoms with van der Waals surface area (Å²) in [4.78, 5) is 4.39. The second-order valence-electron chi connectivity index (χ2n) is 4.58. The van der Waals surface area contributed by atoms with Crippen LogP contribution in [-0.2, 0) is 11.3 Å². The summed E-state index contributed by atoms with van der Waals surface area (Å²) in [7, 11) is 0. The molecule has 18 heavy (non-hydrogen) atoms. The van der Waals surface area contributed by atoms with Gasteiger partial charge in [-0.3, -0.25) is 4.98 Å². The number of hydrogen-bond acceptors (Lipinski definition) is 3. The Kier molecular flexibility index (Phi) is 5.60. The molecule has 0 radical (unpaired) electrons. The van der Waals surface area contributed by atoms with E-state index < -0.39 is 0 Å². The van der Waals surface area contributed by atoms with Gasteiger partial charge < -0.3 is 10.1 Å². The zero-order chi connectivity index (χ0) is 13.0. The summed E-state index contributed by atoms with van der Waals surface area (Å²) in [6.45, 7) is 4.89. The Bertz CT molecular complexity index is 401. The Labute approximate surface area is 125 Å². The fourth-order valence-electron chi connectivity index (χ4n) is 2.33. The van der Waals surface area contributed by atoms with Gasteiger partial charge in [0.15, 0.2) is 0 Å². The molecule has 3 nitrogen and oxygen atoms in total. The Morgan fingerprint density at radius 3 is 3.06 bits per heavy atom. The maximum absolute atomic E-state index is 5.69. The van der Waals surface area contributed by atoms with Crippen LogP contribution in [0.4, 0.5) is 0 Å². The van der Waals surface area contributed by atoms with E-state index in [1.54, 1.807) is 0 Å². The van der Waals surface area contributed by atoms with Gasteiger partial charge in [0.1, 0.15) is 0 Å². The summed E-state index contributed by atoms with van der Waals surface area (Å²) < 4.78 is 7.72. The van der Waals surface area contributed by atoms with Crippen LogP contribution in [0.2, 0.25) is 0 Å². The fourth-order valence-corrected chi connectivity index (χ4v) is 3.45. The van der Waals surface area contributed by atoms with Gasteiger partial charge in [0.2, 0.25) is 0 Å². The third-order valence-electron chi connectivity index (χ3n) is 3.33. The van der Waals surface area contributed by atoms with E-state index in [0.717, 1.165) is 40.8 Å². The Balaban J connectivity index is 1.81. The molecule has 1 aliphatic rings. The first-order valence-electron chi connectivity index (χ1n) is 6.33. The van der Waals surface area contributed by atoms with Crippen molar-refractivity contribution in [2.45, 2.75) is 32.4 Å². The van der Waals surface area contributed by atoms with Gasteiger partial charge in [-0.2, -0.15) is 0 Å². The second-order valence-corrected chi connectivity index (χ2v) is 6.35. The van der Waals surface area contributed by atoms with Crippen molar-refractivity contribution in [3.05, 3.63) is 26.9 Å². The zero-order valence-corrected chi connectivity index (χ0v) is 13.6. The van der Waals surface area contributed by atoms with Crippen molar-refractivity contribution in [1.29, 1.82) is 0 Å². The van der Waals surface area contributed by atoms with Crippen molar-refractivity contribution in [2.24, 2.45) is 5.92 Å². The van der Waals surface area contributed by atoms with Crippen LogP contribution in [0, 0.1) is 5.92 Å². The second kappa shape index (κ2) is 6.98. The van der Waals surface area contributed by atoms with Crippen molar-refractivity contribution in [3.8, 4) is 0 Å². The number of halogens is 2. The zero-order valence-electron chi connectivity index (χ0n) is 10.5. The topological polar surface area (TPSA) is 34.1 Å². The number of nitrogens with zero attached hydrogens (tertiary/aromatic N) is 1. The smallest absolute Gasteiger partial charge is 0.0684 e. The van der Waals surface area contributed by atoms with Crippen LogP contribution in [0.15, 0.2) is 21.2 Å². The molecule has 5 heteroatoms. The molecule has 0 bridgehead atoms. The van der Waals surface area contributed by atoms with Gasteiger partial charge in [-0.1, -0.05) is 6.92 Å². The van der Waals surface area contributed by atoms with Crippen LogP contribution in [0.3, 0.4) is 0 Å². The minimum absolute atomic E-state index is 0.429. The van der Waals surface area contributed by atoms with Gasteiger partial charge in [0.05, 0.1) is 11.8 Å². The molecular weight excluding hydrogens is 360 g/mol. The Hall–Kier alpha value is 0.0300. The molecule has 0 aromatic carbocycles. The summed E-state index contributed by atoms with van der Waals surface area (Å²) >= 11 is 6.94. The van der Waals surface area contributed by atoms with E-state index in [9.17, 15) is 0 Å². The van der Waals surface area contributed by atoms with Crippen LogP contribution in [0.5, 0.6) is 0 Å². The lowest BCUT2D eigenvalue weighted by Gasteiger charge is -2.17. The lowest BCUT2D eigenvalue weighted by atomic mass is 10.00. The molecule has 0 spiro atoms. The molecule has 1 fully saturated rings. The van der Waals surface area contributed by atoms with Crippen molar-refractivity contribution in [3.63, 3.8) is 0 Å². The van der Waals surface area contributed by atoms with Gasteiger partial charge >= 0.3 is 0 Å². The van der Waals surface area contributed by atoms with Crippen molar-refractivity contribution >= 4 is 31.9 Å². The van der Waals surface area contributed by atoms with E-state index >= 15 is 0 Å². The highest BCUT2D eigenvalue weighted by Gasteiger charge is 2.25. The van der Waals surface area contributed by atoms with Crippen LogP contribution < -0.4 is 5.32 Å². The number of rotatable bonds is 5. The highest BCUT2D eigenvalue weighted by molar-refractivity contribution is 9.11. The lowest BCUT2D eigenvalue weighted by Crippen LogP contribution is -2.28. The third kappa shape index (κ3) is 3.76. The van der Waals surface area contributed by atoms with E-state index in [4.69, 9.17) is 4.74 Å². The molecule has 1 aliphatic heterocycles. The molecule has 1 saturated heterocycles. The number of aromatic nitrogens is 1. The van der Waals surface area contributed by atoms with Gasteiger partial charge in [0.25, 0.3) is 0 Å². The summed E-state index contributed by atoms with van der Waals surface area (Å²) in [5, 5.41) is 3.48. The van der Waals surface area contributed by atoms with Crippen LogP contribution >= 0.6 is 31.9 Å². The number of ether oxygens (including phenoxy) is 1. The maximum Gasteiger partial charge on any atom is 0.0684 e. The molecule has 0 saturated carbocycles. The molecule has 0 amide bonds. The van der Waals surface area contributed by atoms with Gasteiger partial charge in [-0.05, 0) is 56.7 Å². The van der Waals surface area contributed by atoms with E-state index in [0.29, 0.717) is 12.0 Å². The molecule has 1 aromatic rings. The molecule has 2 unspecified atom stereocenters. The molecule has 1 aromatic heterocycles. The SMILES string of the molecule is CCC1OCCC1CNCc1ncc(Br)cc1Br. The molecule has 2 atom stereocenters. The van der Waals surface area contributed by atoms with Crippen LogP contribution in [-0.4, -0.2) is 24.2 Å². The number of nitrogens with one attached hydrogen (secondary N) is 1. The van der Waals surface area contributed by atoms with Crippen LogP contribution in [0.25, 0.3) is 0 Å². The lowest BCUT2D eigenvalue weighted by molar-refractivity contribution is 0.0872. The van der Waals surface area contributed by atoms with Crippen LogP contribution in [0.1, 0.15) is 25.5 Å². The average molecular weight is 378 g/mol. The molecule has 0 aliphatic carbocycles. The summed E-state index contributed by atoms with van der Waals surface area (Å²) in [6.07, 6.45) is 4.53. The largest absolute Gasteiger partial charge is 0.378 e. The first-order chi connectivity index (χ1) is 8.70.